The molecule has 6 heteroatoms. The van der Waals surface area contributed by atoms with Crippen molar-refractivity contribution in [2.75, 3.05) is 5.32 Å². The Morgan fingerprint density at radius 1 is 1.33 bits per heavy atom. The maximum absolute atomic E-state index is 13.7. The van der Waals surface area contributed by atoms with Crippen LogP contribution in [0.5, 0.6) is 0 Å². The molecule has 3 rings (SSSR count). The van der Waals surface area contributed by atoms with Crippen LogP contribution in [0.15, 0.2) is 28.7 Å². The minimum absolute atomic E-state index is 0.132. The van der Waals surface area contributed by atoms with Crippen molar-refractivity contribution in [1.82, 2.24) is 9.97 Å². The first-order chi connectivity index (χ1) is 10.0. The molecule has 4 nitrogen and oxygen atoms in total. The molecule has 108 valence electrons. The highest BCUT2D eigenvalue weighted by molar-refractivity contribution is 9.10. The van der Waals surface area contributed by atoms with Crippen molar-refractivity contribution in [2.45, 2.75) is 25.7 Å². The van der Waals surface area contributed by atoms with E-state index in [2.05, 4.69) is 31.2 Å². The van der Waals surface area contributed by atoms with Gasteiger partial charge in [0.1, 0.15) is 17.3 Å². The quantitative estimate of drug-likeness (QED) is 0.916. The van der Waals surface area contributed by atoms with Gasteiger partial charge in [-0.15, -0.1) is 0 Å². The van der Waals surface area contributed by atoms with Gasteiger partial charge in [0, 0.05) is 16.1 Å². The van der Waals surface area contributed by atoms with Gasteiger partial charge in [-0.3, -0.25) is 4.79 Å². The standard InChI is InChI=1S/C15H13BrFN3O/c1-8-6-13(19-14(18-8)9-2-3-9)15(21)20-12-5-4-10(16)7-11(12)17/h4-7,9H,2-3H2,1H3,(H,20,21). The Morgan fingerprint density at radius 2 is 2.10 bits per heavy atom. The van der Waals surface area contributed by atoms with Crippen LogP contribution >= 0.6 is 15.9 Å². The molecule has 0 unspecified atom stereocenters. The normalized spacial score (nSPS) is 14.0. The first-order valence-electron chi connectivity index (χ1n) is 6.65. The smallest absolute Gasteiger partial charge is 0.274 e. The number of aromatic nitrogens is 2. The number of carbonyl (C=O) groups is 1. The molecule has 1 saturated carbocycles. The third-order valence-corrected chi connectivity index (χ3v) is 3.72. The minimum atomic E-state index is -0.495. The van der Waals surface area contributed by atoms with E-state index in [9.17, 15) is 9.18 Å². The Hall–Kier alpha value is -1.82. The van der Waals surface area contributed by atoms with Crippen molar-refractivity contribution >= 4 is 27.5 Å². The summed E-state index contributed by atoms with van der Waals surface area (Å²) in [7, 11) is 0. The number of halogens is 2. The van der Waals surface area contributed by atoms with Gasteiger partial charge in [-0.05, 0) is 44.0 Å². The van der Waals surface area contributed by atoms with Crippen molar-refractivity contribution in [3.8, 4) is 0 Å². The van der Waals surface area contributed by atoms with E-state index in [0.717, 1.165) is 18.5 Å². The molecule has 0 radical (unpaired) electrons. The van der Waals surface area contributed by atoms with E-state index in [1.165, 1.54) is 12.1 Å². The second kappa shape index (κ2) is 5.52. The first-order valence-corrected chi connectivity index (χ1v) is 7.44. The highest BCUT2D eigenvalue weighted by Crippen LogP contribution is 2.38. The third kappa shape index (κ3) is 3.26. The van der Waals surface area contributed by atoms with Crippen LogP contribution in [0.4, 0.5) is 10.1 Å². The number of amides is 1. The predicted octanol–water partition coefficient (Wildman–Crippen LogP) is 3.82. The van der Waals surface area contributed by atoms with Crippen LogP contribution in [0.2, 0.25) is 0 Å². The zero-order valence-electron chi connectivity index (χ0n) is 11.4. The summed E-state index contributed by atoms with van der Waals surface area (Å²) >= 11 is 3.18. The van der Waals surface area contributed by atoms with Crippen LogP contribution in [0, 0.1) is 12.7 Å². The lowest BCUT2D eigenvalue weighted by Gasteiger charge is -2.08. The summed E-state index contributed by atoms with van der Waals surface area (Å²) < 4.78 is 14.4. The molecule has 0 spiro atoms. The summed E-state index contributed by atoms with van der Waals surface area (Å²) in [6.07, 6.45) is 2.12. The highest BCUT2D eigenvalue weighted by Gasteiger charge is 2.27. The van der Waals surface area contributed by atoms with Crippen molar-refractivity contribution in [2.24, 2.45) is 0 Å². The molecule has 1 aliphatic rings. The van der Waals surface area contributed by atoms with E-state index in [1.54, 1.807) is 12.1 Å². The number of hydrogen-bond acceptors (Lipinski definition) is 3. The number of benzene rings is 1. The molecule has 1 heterocycles. The molecule has 1 aromatic carbocycles. The van der Waals surface area contributed by atoms with Gasteiger partial charge < -0.3 is 5.32 Å². The Morgan fingerprint density at radius 3 is 2.76 bits per heavy atom. The maximum Gasteiger partial charge on any atom is 0.274 e. The van der Waals surface area contributed by atoms with E-state index in [4.69, 9.17) is 0 Å². The number of anilines is 1. The lowest BCUT2D eigenvalue weighted by Crippen LogP contribution is -2.16. The molecule has 1 N–H and O–H groups in total. The number of aryl methyl sites for hydroxylation is 1. The number of hydrogen-bond donors (Lipinski definition) is 1. The fraction of sp³-hybridized carbons (Fsp3) is 0.267. The lowest BCUT2D eigenvalue weighted by atomic mass is 10.2. The van der Waals surface area contributed by atoms with Gasteiger partial charge in [0.2, 0.25) is 0 Å². The topological polar surface area (TPSA) is 54.9 Å². The highest BCUT2D eigenvalue weighted by atomic mass is 79.9. The van der Waals surface area contributed by atoms with Crippen LogP contribution in [0.3, 0.4) is 0 Å². The van der Waals surface area contributed by atoms with Gasteiger partial charge in [-0.1, -0.05) is 15.9 Å². The molecule has 1 aromatic heterocycles. The van der Waals surface area contributed by atoms with Crippen molar-refractivity contribution in [3.05, 3.63) is 51.8 Å². The van der Waals surface area contributed by atoms with E-state index in [0.29, 0.717) is 16.2 Å². The summed E-state index contributed by atoms with van der Waals surface area (Å²) in [5, 5.41) is 2.54. The van der Waals surface area contributed by atoms with Gasteiger partial charge in [-0.2, -0.15) is 0 Å². The van der Waals surface area contributed by atoms with Gasteiger partial charge in [0.25, 0.3) is 5.91 Å². The van der Waals surface area contributed by atoms with Crippen LogP contribution in [-0.2, 0) is 0 Å². The summed E-state index contributed by atoms with van der Waals surface area (Å²) in [4.78, 5) is 20.8. The fourth-order valence-electron chi connectivity index (χ4n) is 2.01. The predicted molar refractivity (Wildman–Crippen MR) is 80.8 cm³/mol. The lowest BCUT2D eigenvalue weighted by molar-refractivity contribution is 0.102. The van der Waals surface area contributed by atoms with E-state index in [-0.39, 0.29) is 11.4 Å². The van der Waals surface area contributed by atoms with Crippen LogP contribution in [0.25, 0.3) is 0 Å². The van der Waals surface area contributed by atoms with Gasteiger partial charge in [0.05, 0.1) is 5.69 Å². The average molecular weight is 350 g/mol. The second-order valence-corrected chi connectivity index (χ2v) is 6.02. The van der Waals surface area contributed by atoms with Crippen LogP contribution in [0.1, 0.15) is 40.8 Å². The Labute approximate surface area is 129 Å². The number of carbonyl (C=O) groups excluding carboxylic acids is 1. The van der Waals surface area contributed by atoms with E-state index < -0.39 is 11.7 Å². The summed E-state index contributed by atoms with van der Waals surface area (Å²) in [5.74, 6) is 0.145. The number of nitrogens with one attached hydrogen (secondary N) is 1. The summed E-state index contributed by atoms with van der Waals surface area (Å²) in [5.41, 5.74) is 1.15. The van der Waals surface area contributed by atoms with Gasteiger partial charge in [-0.25, -0.2) is 14.4 Å². The molecule has 1 fully saturated rings. The molecule has 0 bridgehead atoms. The van der Waals surface area contributed by atoms with Gasteiger partial charge in [0.15, 0.2) is 0 Å². The second-order valence-electron chi connectivity index (χ2n) is 5.11. The van der Waals surface area contributed by atoms with Crippen molar-refractivity contribution < 1.29 is 9.18 Å². The molecule has 0 aliphatic heterocycles. The summed E-state index contributed by atoms with van der Waals surface area (Å²) in [6.45, 7) is 1.82. The third-order valence-electron chi connectivity index (χ3n) is 3.23. The average Bonchev–Trinajstić information content (AvgIpc) is 3.25. The van der Waals surface area contributed by atoms with Crippen LogP contribution < -0.4 is 5.32 Å². The first kappa shape index (κ1) is 14.1. The maximum atomic E-state index is 13.7. The minimum Gasteiger partial charge on any atom is -0.318 e. The molecule has 21 heavy (non-hydrogen) atoms. The van der Waals surface area contributed by atoms with Crippen molar-refractivity contribution in [1.29, 1.82) is 0 Å². The zero-order valence-corrected chi connectivity index (χ0v) is 12.9. The number of nitrogens with zero attached hydrogens (tertiary/aromatic N) is 2. The van der Waals surface area contributed by atoms with Gasteiger partial charge >= 0.3 is 0 Å². The Balaban J connectivity index is 1.84. The van der Waals surface area contributed by atoms with Crippen molar-refractivity contribution in [3.63, 3.8) is 0 Å². The molecule has 0 saturated heterocycles. The summed E-state index contributed by atoms with van der Waals surface area (Å²) in [6, 6.07) is 6.08. The molecule has 1 aliphatic carbocycles. The van der Waals surface area contributed by atoms with E-state index in [1.807, 2.05) is 6.92 Å². The van der Waals surface area contributed by atoms with E-state index >= 15 is 0 Å². The SMILES string of the molecule is Cc1cc(C(=O)Nc2ccc(Br)cc2F)nc(C2CC2)n1. The largest absolute Gasteiger partial charge is 0.318 e. The molecule has 2 aromatic rings. The Kier molecular flexibility index (Phi) is 3.71. The zero-order chi connectivity index (χ0) is 15.0. The number of rotatable bonds is 3. The fourth-order valence-corrected chi connectivity index (χ4v) is 2.34. The molecule has 0 atom stereocenters. The van der Waals surface area contributed by atoms with Crippen LogP contribution in [-0.4, -0.2) is 15.9 Å². The molecular formula is C15H13BrFN3O. The monoisotopic (exact) mass is 349 g/mol. The molecule has 1 amide bonds. The molecular weight excluding hydrogens is 337 g/mol. The Bertz CT molecular complexity index is 716.